The van der Waals surface area contributed by atoms with Crippen molar-refractivity contribution in [2.24, 2.45) is 0 Å². The van der Waals surface area contributed by atoms with Crippen LogP contribution in [0.25, 0.3) is 22.0 Å². The third kappa shape index (κ3) is 3.78. The lowest BCUT2D eigenvalue weighted by molar-refractivity contribution is -0.121. The van der Waals surface area contributed by atoms with Gasteiger partial charge in [0.05, 0.1) is 11.7 Å². The Kier molecular flexibility index (Phi) is 5.03. The number of carbonyl (C=O) groups excluding carboxylic acids is 2. The van der Waals surface area contributed by atoms with Gasteiger partial charge in [0.2, 0.25) is 5.91 Å². The fraction of sp³-hybridized carbons (Fsp3) is 0.115. The second-order valence-corrected chi connectivity index (χ2v) is 7.96. The number of allylic oxidation sites excluding steroid dienone is 1. The number of hydrogen-bond donors (Lipinski definition) is 3. The van der Waals surface area contributed by atoms with Gasteiger partial charge >= 0.3 is 0 Å². The van der Waals surface area contributed by atoms with E-state index in [4.69, 9.17) is 0 Å². The molecule has 2 amide bonds. The number of rotatable bonds is 4. The fourth-order valence-corrected chi connectivity index (χ4v) is 4.25. The van der Waals surface area contributed by atoms with Gasteiger partial charge in [0.1, 0.15) is 0 Å². The molecule has 1 atom stereocenters. The van der Waals surface area contributed by atoms with Crippen LogP contribution in [0.5, 0.6) is 0 Å². The molecule has 1 unspecified atom stereocenters. The molecular formula is C26H22N4O2. The number of nitrogens with zero attached hydrogens (tertiary/aromatic N) is 1. The minimum atomic E-state index is -0.314. The monoisotopic (exact) mass is 422 g/mol. The molecule has 0 aliphatic carbocycles. The maximum atomic E-state index is 13.3. The Morgan fingerprint density at radius 3 is 2.53 bits per heavy atom. The number of H-pyrrole nitrogens is 1. The van der Waals surface area contributed by atoms with Crippen molar-refractivity contribution in [1.29, 1.82) is 0 Å². The molecule has 158 valence electrons. The number of hydrogen-bond acceptors (Lipinski definition) is 3. The maximum absolute atomic E-state index is 13.3. The molecule has 0 spiro atoms. The van der Waals surface area contributed by atoms with E-state index in [9.17, 15) is 9.59 Å². The first-order chi connectivity index (χ1) is 15.6. The summed E-state index contributed by atoms with van der Waals surface area (Å²) in [6, 6.07) is 23.8. The van der Waals surface area contributed by atoms with Gasteiger partial charge in [0.15, 0.2) is 0 Å². The van der Waals surface area contributed by atoms with E-state index in [1.54, 1.807) is 13.1 Å². The summed E-state index contributed by atoms with van der Waals surface area (Å²) in [4.78, 5) is 25.6. The molecule has 5 rings (SSSR count). The minimum Gasteiger partial charge on any atom is -0.330 e. The molecule has 3 aromatic carbocycles. The summed E-state index contributed by atoms with van der Waals surface area (Å²) in [5.74, 6) is -0.621. The van der Waals surface area contributed by atoms with Gasteiger partial charge in [-0.2, -0.15) is 5.10 Å². The van der Waals surface area contributed by atoms with Crippen LogP contribution in [0.1, 0.15) is 24.8 Å². The van der Waals surface area contributed by atoms with Crippen molar-refractivity contribution in [3.05, 3.63) is 95.8 Å². The van der Waals surface area contributed by atoms with Crippen LogP contribution in [0.3, 0.4) is 0 Å². The van der Waals surface area contributed by atoms with Crippen molar-refractivity contribution in [2.45, 2.75) is 19.3 Å². The molecule has 4 aromatic rings. The van der Waals surface area contributed by atoms with Crippen LogP contribution >= 0.6 is 0 Å². The van der Waals surface area contributed by atoms with Crippen molar-refractivity contribution in [3.8, 4) is 11.1 Å². The van der Waals surface area contributed by atoms with Crippen molar-refractivity contribution >= 4 is 28.4 Å². The molecule has 1 aliphatic rings. The number of amides is 2. The molecule has 32 heavy (non-hydrogen) atoms. The summed E-state index contributed by atoms with van der Waals surface area (Å²) in [5.41, 5.74) is 5.90. The van der Waals surface area contributed by atoms with Crippen LogP contribution in [0, 0.1) is 0 Å². The van der Waals surface area contributed by atoms with Gasteiger partial charge in [-0.25, -0.2) is 0 Å². The molecule has 0 radical (unpaired) electrons. The largest absolute Gasteiger partial charge is 0.330 e. The van der Waals surface area contributed by atoms with Crippen molar-refractivity contribution in [3.63, 3.8) is 0 Å². The van der Waals surface area contributed by atoms with E-state index in [0.29, 0.717) is 17.0 Å². The van der Waals surface area contributed by atoms with Crippen molar-refractivity contribution in [2.75, 3.05) is 5.32 Å². The first kappa shape index (κ1) is 19.8. The van der Waals surface area contributed by atoms with Crippen LogP contribution < -0.4 is 10.6 Å². The van der Waals surface area contributed by atoms with E-state index < -0.39 is 0 Å². The predicted molar refractivity (Wildman–Crippen MR) is 125 cm³/mol. The van der Waals surface area contributed by atoms with Gasteiger partial charge in [0.25, 0.3) is 5.91 Å². The molecule has 1 aliphatic heterocycles. The summed E-state index contributed by atoms with van der Waals surface area (Å²) >= 11 is 0. The Balaban J connectivity index is 1.44. The molecule has 6 nitrogen and oxygen atoms in total. The van der Waals surface area contributed by atoms with Gasteiger partial charge in [-0.05, 0) is 41.8 Å². The SMILES string of the molecule is CC1=C(C(=O)Nc2ccc3[nH]ncc3c2)C(c2ccc(-c3ccccc3)cc2)CC(=O)N1. The van der Waals surface area contributed by atoms with Gasteiger partial charge in [-0.1, -0.05) is 54.6 Å². The fourth-order valence-electron chi connectivity index (χ4n) is 4.25. The van der Waals surface area contributed by atoms with E-state index in [-0.39, 0.29) is 24.2 Å². The topological polar surface area (TPSA) is 86.9 Å². The van der Waals surface area contributed by atoms with Crippen LogP contribution in [-0.4, -0.2) is 22.0 Å². The van der Waals surface area contributed by atoms with Crippen LogP contribution in [-0.2, 0) is 9.59 Å². The normalized spacial score (nSPS) is 16.2. The van der Waals surface area contributed by atoms with Gasteiger partial charge in [0, 0.05) is 34.7 Å². The lowest BCUT2D eigenvalue weighted by Gasteiger charge is -2.27. The summed E-state index contributed by atoms with van der Waals surface area (Å²) in [5, 5.41) is 13.6. The third-order valence-electron chi connectivity index (χ3n) is 5.83. The zero-order chi connectivity index (χ0) is 22.1. The number of aromatic nitrogens is 2. The number of anilines is 1. The zero-order valence-corrected chi connectivity index (χ0v) is 17.6. The Hall–Kier alpha value is -4.19. The molecule has 6 heteroatoms. The summed E-state index contributed by atoms with van der Waals surface area (Å²) < 4.78 is 0. The lowest BCUT2D eigenvalue weighted by atomic mass is 9.83. The molecule has 2 heterocycles. The number of aromatic amines is 1. The average molecular weight is 422 g/mol. The number of nitrogens with one attached hydrogen (secondary N) is 3. The zero-order valence-electron chi connectivity index (χ0n) is 17.6. The second kappa shape index (κ2) is 8.15. The highest BCUT2D eigenvalue weighted by atomic mass is 16.2. The first-order valence-corrected chi connectivity index (χ1v) is 10.5. The minimum absolute atomic E-state index is 0.0870. The Labute approximate surface area is 185 Å². The highest BCUT2D eigenvalue weighted by Gasteiger charge is 2.31. The third-order valence-corrected chi connectivity index (χ3v) is 5.83. The highest BCUT2D eigenvalue weighted by Crippen LogP contribution is 2.34. The number of benzene rings is 3. The van der Waals surface area contributed by atoms with E-state index in [2.05, 4.69) is 33.0 Å². The Morgan fingerprint density at radius 1 is 1.00 bits per heavy atom. The molecular weight excluding hydrogens is 400 g/mol. The van der Waals surface area contributed by atoms with E-state index in [1.807, 2.05) is 60.7 Å². The molecule has 0 saturated heterocycles. The van der Waals surface area contributed by atoms with Crippen molar-refractivity contribution in [1.82, 2.24) is 15.5 Å². The molecule has 0 fully saturated rings. The summed E-state index contributed by atoms with van der Waals surface area (Å²) in [7, 11) is 0. The lowest BCUT2D eigenvalue weighted by Crippen LogP contribution is -2.35. The highest BCUT2D eigenvalue weighted by molar-refractivity contribution is 6.07. The van der Waals surface area contributed by atoms with Gasteiger partial charge in [-0.15, -0.1) is 0 Å². The Morgan fingerprint density at radius 2 is 1.75 bits per heavy atom. The van der Waals surface area contributed by atoms with Crippen molar-refractivity contribution < 1.29 is 9.59 Å². The maximum Gasteiger partial charge on any atom is 0.253 e. The predicted octanol–water partition coefficient (Wildman–Crippen LogP) is 4.75. The summed E-state index contributed by atoms with van der Waals surface area (Å²) in [6.45, 7) is 1.77. The number of carbonyl (C=O) groups is 2. The van der Waals surface area contributed by atoms with Gasteiger partial charge in [-0.3, -0.25) is 14.7 Å². The summed E-state index contributed by atoms with van der Waals surface area (Å²) in [6.07, 6.45) is 1.94. The van der Waals surface area contributed by atoms with E-state index >= 15 is 0 Å². The van der Waals surface area contributed by atoms with Crippen LogP contribution in [0.2, 0.25) is 0 Å². The molecule has 0 saturated carbocycles. The molecule has 0 bridgehead atoms. The average Bonchev–Trinajstić information content (AvgIpc) is 3.27. The quantitative estimate of drug-likeness (QED) is 0.444. The number of fused-ring (bicyclic) bond motifs is 1. The smallest absolute Gasteiger partial charge is 0.253 e. The van der Waals surface area contributed by atoms with Crippen LogP contribution in [0.15, 0.2) is 90.3 Å². The van der Waals surface area contributed by atoms with Gasteiger partial charge < -0.3 is 10.6 Å². The van der Waals surface area contributed by atoms with E-state index in [0.717, 1.165) is 27.6 Å². The van der Waals surface area contributed by atoms with E-state index in [1.165, 1.54) is 0 Å². The van der Waals surface area contributed by atoms with Crippen LogP contribution in [0.4, 0.5) is 5.69 Å². The first-order valence-electron chi connectivity index (χ1n) is 10.5. The Bertz CT molecular complexity index is 1340. The molecule has 1 aromatic heterocycles. The molecule has 3 N–H and O–H groups in total. The standard InChI is InChI=1S/C26H22N4O2/c1-16-25(26(32)29-21-11-12-23-20(13-21)15-27-30-23)22(14-24(31)28-16)19-9-7-18(8-10-19)17-5-3-2-4-6-17/h2-13,15,22H,14H2,1H3,(H,27,30)(H,28,31)(H,29,32). The second-order valence-electron chi connectivity index (χ2n) is 7.96.